The van der Waals surface area contributed by atoms with Gasteiger partial charge in [0.2, 0.25) is 5.91 Å². The van der Waals surface area contributed by atoms with E-state index in [0.29, 0.717) is 25.0 Å². The number of rotatable bonds is 2. The molecule has 2 saturated carbocycles. The van der Waals surface area contributed by atoms with Crippen LogP contribution in [0.4, 0.5) is 0 Å². The Balaban J connectivity index is 1.51. The van der Waals surface area contributed by atoms with Crippen molar-refractivity contribution in [2.24, 2.45) is 17.8 Å². The molecule has 6 rings (SSSR count). The van der Waals surface area contributed by atoms with Crippen molar-refractivity contribution in [3.05, 3.63) is 23.3 Å². The monoisotopic (exact) mass is 357 g/mol. The minimum Gasteiger partial charge on any atom is -0.493 e. The molecule has 0 bridgehead atoms. The van der Waals surface area contributed by atoms with Crippen LogP contribution < -0.4 is 9.47 Å². The molecule has 5 aliphatic rings. The van der Waals surface area contributed by atoms with Crippen molar-refractivity contribution >= 4 is 5.91 Å². The smallest absolute Gasteiger partial charge is 0.227 e. The largest absolute Gasteiger partial charge is 0.493 e. The molecule has 26 heavy (non-hydrogen) atoms. The van der Waals surface area contributed by atoms with Crippen LogP contribution >= 0.6 is 0 Å². The number of amides is 1. The topological polar surface area (TPSA) is 57.2 Å². The van der Waals surface area contributed by atoms with Crippen LogP contribution in [-0.4, -0.2) is 50.6 Å². The minimum absolute atomic E-state index is 0.0506. The molecule has 3 aliphatic heterocycles. The van der Waals surface area contributed by atoms with E-state index < -0.39 is 5.79 Å². The molecule has 0 radical (unpaired) electrons. The van der Waals surface area contributed by atoms with E-state index in [2.05, 4.69) is 17.0 Å². The summed E-state index contributed by atoms with van der Waals surface area (Å²) >= 11 is 0. The minimum atomic E-state index is -0.517. The maximum absolute atomic E-state index is 13.2. The number of fused-ring (bicyclic) bond motifs is 3. The first kappa shape index (κ1) is 15.3. The third kappa shape index (κ3) is 1.51. The molecule has 6 nitrogen and oxygen atoms in total. The van der Waals surface area contributed by atoms with Crippen LogP contribution in [0.15, 0.2) is 12.1 Å². The molecule has 2 spiro atoms. The van der Waals surface area contributed by atoms with Crippen LogP contribution in [0.1, 0.15) is 24.0 Å². The van der Waals surface area contributed by atoms with Gasteiger partial charge in [-0.15, -0.1) is 0 Å². The number of carbonyl (C=O) groups is 1. The molecular weight excluding hydrogens is 334 g/mol. The summed E-state index contributed by atoms with van der Waals surface area (Å²) in [6.45, 7) is 2.07. The van der Waals surface area contributed by atoms with Crippen LogP contribution in [0.2, 0.25) is 0 Å². The second kappa shape index (κ2) is 4.73. The highest BCUT2D eigenvalue weighted by Crippen LogP contribution is 2.75. The van der Waals surface area contributed by atoms with Gasteiger partial charge < -0.3 is 23.8 Å². The van der Waals surface area contributed by atoms with Gasteiger partial charge in [0, 0.05) is 24.8 Å². The zero-order chi connectivity index (χ0) is 17.7. The van der Waals surface area contributed by atoms with Crippen LogP contribution in [0.5, 0.6) is 11.5 Å². The van der Waals surface area contributed by atoms with Gasteiger partial charge in [0.1, 0.15) is 0 Å². The highest BCUT2D eigenvalue weighted by Gasteiger charge is 2.82. The summed E-state index contributed by atoms with van der Waals surface area (Å²) in [6.07, 6.45) is 2.60. The summed E-state index contributed by atoms with van der Waals surface area (Å²) in [5.74, 6) is 1.81. The van der Waals surface area contributed by atoms with Crippen LogP contribution in [0.3, 0.4) is 0 Å². The van der Waals surface area contributed by atoms with Crippen molar-refractivity contribution in [1.29, 1.82) is 0 Å². The van der Waals surface area contributed by atoms with Gasteiger partial charge >= 0.3 is 0 Å². The lowest BCUT2D eigenvalue weighted by Gasteiger charge is -2.52. The van der Waals surface area contributed by atoms with E-state index in [1.165, 1.54) is 11.1 Å². The zero-order valence-corrected chi connectivity index (χ0v) is 15.1. The molecular formula is C20H23NO5. The number of hydrogen-bond acceptors (Lipinski definition) is 5. The van der Waals surface area contributed by atoms with E-state index in [-0.39, 0.29) is 17.4 Å². The van der Waals surface area contributed by atoms with Gasteiger partial charge in [-0.1, -0.05) is 0 Å². The fourth-order valence-electron chi connectivity index (χ4n) is 6.49. The standard InChI is InChI=1S/C20H23NO5/c1-23-13-9-11-3-6-21-18(22)15-16-17(15)20(25-7-8-26-20)5-4-19(16,21)12(11)10-14(13)24-2/h9-10,15-17H,3-8H2,1-2H3/t15-,16+,17-,19+/m0/s1. The van der Waals surface area contributed by atoms with Crippen LogP contribution in [-0.2, 0) is 26.2 Å². The Hall–Kier alpha value is -1.79. The number of carbonyl (C=O) groups excluding carboxylic acids is 1. The van der Waals surface area contributed by atoms with E-state index in [1.807, 2.05) is 0 Å². The number of benzene rings is 1. The first-order valence-corrected chi connectivity index (χ1v) is 9.51. The van der Waals surface area contributed by atoms with Crippen LogP contribution in [0, 0.1) is 17.8 Å². The molecule has 4 atom stereocenters. The Morgan fingerprint density at radius 2 is 1.81 bits per heavy atom. The second-order valence-corrected chi connectivity index (χ2v) is 8.11. The summed E-state index contributed by atoms with van der Waals surface area (Å²) in [6, 6.07) is 4.21. The maximum Gasteiger partial charge on any atom is 0.227 e. The van der Waals surface area contributed by atoms with Crippen molar-refractivity contribution in [1.82, 2.24) is 4.90 Å². The molecule has 0 unspecified atom stereocenters. The average molecular weight is 357 g/mol. The molecule has 1 aromatic carbocycles. The van der Waals surface area contributed by atoms with Gasteiger partial charge in [0.05, 0.1) is 38.9 Å². The van der Waals surface area contributed by atoms with Gasteiger partial charge in [0.15, 0.2) is 17.3 Å². The second-order valence-electron chi connectivity index (χ2n) is 8.11. The Morgan fingerprint density at radius 1 is 1.08 bits per heavy atom. The Morgan fingerprint density at radius 3 is 2.54 bits per heavy atom. The molecule has 3 heterocycles. The van der Waals surface area contributed by atoms with Gasteiger partial charge in [0.25, 0.3) is 0 Å². The normalized spacial score (nSPS) is 38.0. The van der Waals surface area contributed by atoms with E-state index in [9.17, 15) is 4.79 Å². The summed E-state index contributed by atoms with van der Waals surface area (Å²) < 4.78 is 23.2. The molecule has 0 aromatic heterocycles. The van der Waals surface area contributed by atoms with Crippen molar-refractivity contribution in [2.45, 2.75) is 30.6 Å². The summed E-state index contributed by atoms with van der Waals surface area (Å²) in [4.78, 5) is 15.3. The third-order valence-corrected chi connectivity index (χ3v) is 7.42. The van der Waals surface area contributed by atoms with Gasteiger partial charge in [-0.2, -0.15) is 0 Å². The van der Waals surface area contributed by atoms with Crippen molar-refractivity contribution in [2.75, 3.05) is 34.0 Å². The van der Waals surface area contributed by atoms with E-state index in [1.54, 1.807) is 14.2 Å². The molecule has 1 amide bonds. The number of nitrogens with zero attached hydrogens (tertiary/aromatic N) is 1. The highest BCUT2D eigenvalue weighted by molar-refractivity contribution is 5.89. The summed E-state index contributed by atoms with van der Waals surface area (Å²) in [7, 11) is 3.34. The first-order chi connectivity index (χ1) is 12.7. The fourth-order valence-corrected chi connectivity index (χ4v) is 6.49. The quantitative estimate of drug-likeness (QED) is 0.806. The molecule has 138 valence electrons. The molecule has 4 fully saturated rings. The predicted octanol–water partition coefficient (Wildman–Crippen LogP) is 1.70. The Bertz CT molecular complexity index is 817. The lowest BCUT2D eigenvalue weighted by molar-refractivity contribution is -0.213. The molecule has 2 saturated heterocycles. The van der Waals surface area contributed by atoms with E-state index in [4.69, 9.17) is 18.9 Å². The zero-order valence-electron chi connectivity index (χ0n) is 15.1. The average Bonchev–Trinajstić information content (AvgIpc) is 3.18. The maximum atomic E-state index is 13.2. The number of hydrogen-bond donors (Lipinski definition) is 0. The lowest BCUT2D eigenvalue weighted by Crippen LogP contribution is -2.57. The Labute approximate surface area is 152 Å². The van der Waals surface area contributed by atoms with Gasteiger partial charge in [-0.05, 0) is 36.1 Å². The predicted molar refractivity (Wildman–Crippen MR) is 91.0 cm³/mol. The van der Waals surface area contributed by atoms with Gasteiger partial charge in [-0.25, -0.2) is 0 Å². The number of ether oxygens (including phenoxy) is 4. The Kier molecular flexibility index (Phi) is 2.78. The molecule has 1 aromatic rings. The van der Waals surface area contributed by atoms with Crippen molar-refractivity contribution in [3.8, 4) is 11.5 Å². The number of piperidine rings is 1. The highest BCUT2D eigenvalue weighted by atomic mass is 16.7. The SMILES string of the molecule is COc1cc2c(cc1OC)[C@@]13CCC4(OCCO4)[C@H]4[C@@H](C(=O)N1CC2)[C@H]43. The first-order valence-electron chi connectivity index (χ1n) is 9.51. The lowest BCUT2D eigenvalue weighted by atomic mass is 9.69. The summed E-state index contributed by atoms with van der Waals surface area (Å²) in [5, 5.41) is 0. The van der Waals surface area contributed by atoms with Gasteiger partial charge in [-0.3, -0.25) is 4.79 Å². The third-order valence-electron chi connectivity index (χ3n) is 7.42. The molecule has 0 N–H and O–H groups in total. The van der Waals surface area contributed by atoms with E-state index >= 15 is 0 Å². The molecule has 6 heteroatoms. The van der Waals surface area contributed by atoms with Crippen LogP contribution in [0.25, 0.3) is 0 Å². The fraction of sp³-hybridized carbons (Fsp3) is 0.650. The number of methoxy groups -OCH3 is 2. The van der Waals surface area contributed by atoms with Crippen molar-refractivity contribution in [3.63, 3.8) is 0 Å². The van der Waals surface area contributed by atoms with E-state index in [0.717, 1.165) is 37.3 Å². The molecule has 2 aliphatic carbocycles. The van der Waals surface area contributed by atoms with Crippen molar-refractivity contribution < 1.29 is 23.7 Å². The summed E-state index contributed by atoms with van der Waals surface area (Å²) in [5.41, 5.74) is 2.31.